The number of halogens is 1. The van der Waals surface area contributed by atoms with E-state index < -0.39 is 0 Å². The quantitative estimate of drug-likeness (QED) is 0.784. The zero-order chi connectivity index (χ0) is 12.8. The topological polar surface area (TPSA) is 20.7 Å². The number of H-pyrrole nitrogens is 1. The van der Waals surface area contributed by atoms with Gasteiger partial charge in [-0.1, -0.05) is 29.3 Å². The highest BCUT2D eigenvalue weighted by Gasteiger charge is 2.35. The molecule has 1 N–H and O–H groups in total. The van der Waals surface area contributed by atoms with Crippen LogP contribution in [0, 0.1) is 10.2 Å². The highest BCUT2D eigenvalue weighted by Crippen LogP contribution is 2.45. The van der Waals surface area contributed by atoms with E-state index in [1.165, 1.54) is 31.2 Å². The predicted octanol–water partition coefficient (Wildman–Crippen LogP) is 5.04. The fourth-order valence-corrected chi connectivity index (χ4v) is 3.56. The first-order valence-electron chi connectivity index (χ1n) is 6.52. The normalized spacial score (nSPS) is 17.9. The number of imidazole rings is 1. The van der Waals surface area contributed by atoms with Crippen molar-refractivity contribution in [2.24, 2.45) is 5.41 Å². The van der Waals surface area contributed by atoms with Crippen LogP contribution >= 0.6 is 28.1 Å². The Morgan fingerprint density at radius 2 is 2.22 bits per heavy atom. The van der Waals surface area contributed by atoms with Crippen LogP contribution in [0.25, 0.3) is 11.0 Å². The van der Waals surface area contributed by atoms with Crippen LogP contribution < -0.4 is 0 Å². The Balaban J connectivity index is 2.06. The SMILES string of the molecule is CCC1(Cn2c(=S)[nH]c3cc(Br)ccc32)CCC1. The number of rotatable bonds is 3. The molecular weight excluding hydrogens is 308 g/mol. The Morgan fingerprint density at radius 1 is 1.44 bits per heavy atom. The summed E-state index contributed by atoms with van der Waals surface area (Å²) < 4.78 is 4.22. The standard InChI is InChI=1S/C14H17BrN2S/c1-2-14(6-3-7-14)9-17-12-5-4-10(15)8-11(12)16-13(17)18/h4-5,8H,2-3,6-7,9H2,1H3,(H,16,18). The van der Waals surface area contributed by atoms with Crippen LogP contribution in [0.2, 0.25) is 0 Å². The minimum Gasteiger partial charge on any atom is -0.331 e. The maximum atomic E-state index is 5.48. The molecule has 96 valence electrons. The van der Waals surface area contributed by atoms with Crippen LogP contribution in [-0.4, -0.2) is 9.55 Å². The third kappa shape index (κ3) is 1.95. The molecule has 0 bridgehead atoms. The number of aromatic amines is 1. The molecule has 0 saturated heterocycles. The van der Waals surface area contributed by atoms with E-state index in [0.29, 0.717) is 5.41 Å². The van der Waals surface area contributed by atoms with E-state index in [1.807, 2.05) is 0 Å². The maximum absolute atomic E-state index is 5.48. The molecule has 0 amide bonds. The van der Waals surface area contributed by atoms with Gasteiger partial charge in [-0.05, 0) is 55.1 Å². The van der Waals surface area contributed by atoms with E-state index in [4.69, 9.17) is 12.2 Å². The summed E-state index contributed by atoms with van der Waals surface area (Å²) in [7, 11) is 0. The molecule has 0 atom stereocenters. The van der Waals surface area contributed by atoms with Crippen molar-refractivity contribution in [1.82, 2.24) is 9.55 Å². The largest absolute Gasteiger partial charge is 0.331 e. The number of hydrogen-bond acceptors (Lipinski definition) is 1. The van der Waals surface area contributed by atoms with Crippen LogP contribution in [0.3, 0.4) is 0 Å². The maximum Gasteiger partial charge on any atom is 0.178 e. The van der Waals surface area contributed by atoms with Gasteiger partial charge in [-0.2, -0.15) is 0 Å². The van der Waals surface area contributed by atoms with Gasteiger partial charge in [-0.25, -0.2) is 0 Å². The van der Waals surface area contributed by atoms with Crippen molar-refractivity contribution in [2.45, 2.75) is 39.2 Å². The lowest BCUT2D eigenvalue weighted by Gasteiger charge is -2.41. The van der Waals surface area contributed by atoms with Gasteiger partial charge in [0.1, 0.15) is 0 Å². The van der Waals surface area contributed by atoms with E-state index in [0.717, 1.165) is 21.3 Å². The van der Waals surface area contributed by atoms with Crippen LogP contribution in [0.5, 0.6) is 0 Å². The molecule has 1 aromatic carbocycles. The molecule has 0 spiro atoms. The van der Waals surface area contributed by atoms with Gasteiger partial charge in [-0.15, -0.1) is 0 Å². The van der Waals surface area contributed by atoms with E-state index in [1.54, 1.807) is 0 Å². The van der Waals surface area contributed by atoms with Crippen molar-refractivity contribution < 1.29 is 0 Å². The lowest BCUT2D eigenvalue weighted by atomic mass is 9.67. The van der Waals surface area contributed by atoms with Gasteiger partial charge >= 0.3 is 0 Å². The highest BCUT2D eigenvalue weighted by atomic mass is 79.9. The molecule has 1 aromatic heterocycles. The number of benzene rings is 1. The Bertz CT molecular complexity index is 631. The minimum atomic E-state index is 0.487. The zero-order valence-electron chi connectivity index (χ0n) is 10.5. The van der Waals surface area contributed by atoms with Gasteiger partial charge in [0.15, 0.2) is 4.77 Å². The Kier molecular flexibility index (Phi) is 3.10. The summed E-state index contributed by atoms with van der Waals surface area (Å²) in [6.07, 6.45) is 5.30. The highest BCUT2D eigenvalue weighted by molar-refractivity contribution is 9.10. The Labute approximate surface area is 121 Å². The molecule has 4 heteroatoms. The zero-order valence-corrected chi connectivity index (χ0v) is 12.9. The van der Waals surface area contributed by atoms with Gasteiger partial charge in [0.2, 0.25) is 0 Å². The monoisotopic (exact) mass is 324 g/mol. The summed E-state index contributed by atoms with van der Waals surface area (Å²) in [5, 5.41) is 0. The third-order valence-corrected chi connectivity index (χ3v) is 5.21. The molecule has 18 heavy (non-hydrogen) atoms. The molecule has 1 fully saturated rings. The average molecular weight is 325 g/mol. The van der Waals surface area contributed by atoms with Crippen LogP contribution in [0.15, 0.2) is 22.7 Å². The lowest BCUT2D eigenvalue weighted by Crippen LogP contribution is -2.33. The van der Waals surface area contributed by atoms with Gasteiger partial charge < -0.3 is 9.55 Å². The first-order valence-corrected chi connectivity index (χ1v) is 7.72. The molecule has 0 aliphatic heterocycles. The predicted molar refractivity (Wildman–Crippen MR) is 81.4 cm³/mol. The number of hydrogen-bond donors (Lipinski definition) is 1. The fourth-order valence-electron chi connectivity index (χ4n) is 2.93. The third-order valence-electron chi connectivity index (χ3n) is 4.39. The summed E-state index contributed by atoms with van der Waals surface area (Å²) in [6, 6.07) is 6.33. The molecule has 2 aromatic rings. The number of nitrogens with zero attached hydrogens (tertiary/aromatic N) is 1. The molecule has 1 aliphatic rings. The first-order chi connectivity index (χ1) is 8.63. The first kappa shape index (κ1) is 12.4. The van der Waals surface area contributed by atoms with Crippen LogP contribution in [0.1, 0.15) is 32.6 Å². The summed E-state index contributed by atoms with van der Waals surface area (Å²) in [5.74, 6) is 0. The lowest BCUT2D eigenvalue weighted by molar-refractivity contribution is 0.101. The van der Waals surface area contributed by atoms with E-state index in [2.05, 4.69) is 50.6 Å². The Hall–Kier alpha value is -0.610. The van der Waals surface area contributed by atoms with Gasteiger partial charge in [0.25, 0.3) is 0 Å². The molecule has 2 nitrogen and oxygen atoms in total. The second-order valence-electron chi connectivity index (χ2n) is 5.38. The molecule has 0 unspecified atom stereocenters. The van der Waals surface area contributed by atoms with Crippen molar-refractivity contribution in [3.63, 3.8) is 0 Å². The minimum absolute atomic E-state index is 0.487. The van der Waals surface area contributed by atoms with E-state index >= 15 is 0 Å². The molecule has 0 radical (unpaired) electrons. The van der Waals surface area contributed by atoms with E-state index in [-0.39, 0.29) is 0 Å². The average Bonchev–Trinajstić information content (AvgIpc) is 2.59. The number of nitrogens with one attached hydrogen (secondary N) is 1. The fraction of sp³-hybridized carbons (Fsp3) is 0.500. The van der Waals surface area contributed by atoms with E-state index in [9.17, 15) is 0 Å². The van der Waals surface area contributed by atoms with Gasteiger partial charge in [-0.3, -0.25) is 0 Å². The second-order valence-corrected chi connectivity index (χ2v) is 6.69. The molecule has 1 heterocycles. The van der Waals surface area contributed by atoms with Crippen molar-refractivity contribution >= 4 is 39.2 Å². The van der Waals surface area contributed by atoms with Gasteiger partial charge in [0, 0.05) is 11.0 Å². The van der Waals surface area contributed by atoms with Crippen LogP contribution in [0.4, 0.5) is 0 Å². The van der Waals surface area contributed by atoms with Crippen LogP contribution in [-0.2, 0) is 6.54 Å². The molecule has 1 aliphatic carbocycles. The summed E-state index contributed by atoms with van der Waals surface area (Å²) >= 11 is 8.98. The molecular formula is C14H17BrN2S. The van der Waals surface area contributed by atoms with Crippen molar-refractivity contribution in [3.8, 4) is 0 Å². The number of fused-ring (bicyclic) bond motifs is 1. The Morgan fingerprint density at radius 3 is 2.83 bits per heavy atom. The molecule has 1 saturated carbocycles. The summed E-state index contributed by atoms with van der Waals surface area (Å²) in [4.78, 5) is 3.31. The second kappa shape index (κ2) is 4.49. The van der Waals surface area contributed by atoms with Crippen molar-refractivity contribution in [3.05, 3.63) is 27.4 Å². The number of aromatic nitrogens is 2. The van der Waals surface area contributed by atoms with Crippen molar-refractivity contribution in [2.75, 3.05) is 0 Å². The summed E-state index contributed by atoms with van der Waals surface area (Å²) in [5.41, 5.74) is 2.84. The summed E-state index contributed by atoms with van der Waals surface area (Å²) in [6.45, 7) is 3.36. The van der Waals surface area contributed by atoms with Gasteiger partial charge in [0.05, 0.1) is 11.0 Å². The molecule has 3 rings (SSSR count). The van der Waals surface area contributed by atoms with Crippen molar-refractivity contribution in [1.29, 1.82) is 0 Å². The smallest absolute Gasteiger partial charge is 0.178 e.